The Morgan fingerprint density at radius 1 is 1.00 bits per heavy atom. The summed E-state index contributed by atoms with van der Waals surface area (Å²) in [5.41, 5.74) is 2.30. The summed E-state index contributed by atoms with van der Waals surface area (Å²) in [6.45, 7) is 4.84. The molecule has 1 saturated heterocycles. The molecule has 29 heavy (non-hydrogen) atoms. The van der Waals surface area contributed by atoms with E-state index < -0.39 is 0 Å². The van der Waals surface area contributed by atoms with Gasteiger partial charge in [0.1, 0.15) is 5.01 Å². The Hall–Kier alpha value is -2.02. The molecule has 4 rings (SSSR count). The predicted octanol–water partition coefficient (Wildman–Crippen LogP) is 4.58. The lowest BCUT2D eigenvalue weighted by atomic mass is 10.1. The molecule has 1 aliphatic heterocycles. The molecule has 0 unspecified atom stereocenters. The van der Waals surface area contributed by atoms with Crippen molar-refractivity contribution in [2.45, 2.75) is 25.7 Å². The van der Waals surface area contributed by atoms with Gasteiger partial charge in [-0.15, -0.1) is 22.7 Å². The van der Waals surface area contributed by atoms with Crippen LogP contribution in [0, 0.1) is 0 Å². The van der Waals surface area contributed by atoms with E-state index >= 15 is 0 Å². The number of rotatable bonds is 7. The first-order valence-electron chi connectivity index (χ1n) is 10.3. The first kappa shape index (κ1) is 20.3. The number of nitrogens with zero attached hydrogens (tertiary/aromatic N) is 3. The van der Waals surface area contributed by atoms with E-state index in [2.05, 4.69) is 51.7 Å². The van der Waals surface area contributed by atoms with Crippen LogP contribution in [0.3, 0.4) is 0 Å². The third-order valence-electron chi connectivity index (χ3n) is 5.34. The lowest BCUT2D eigenvalue weighted by Gasteiger charge is -2.22. The summed E-state index contributed by atoms with van der Waals surface area (Å²) < 4.78 is 0. The maximum absolute atomic E-state index is 12.8. The van der Waals surface area contributed by atoms with Crippen molar-refractivity contribution in [2.24, 2.45) is 0 Å². The van der Waals surface area contributed by atoms with Crippen LogP contribution < -0.4 is 0 Å². The van der Waals surface area contributed by atoms with Gasteiger partial charge in [0, 0.05) is 25.0 Å². The number of thiophene rings is 1. The molecule has 1 fully saturated rings. The number of hydrogen-bond donors (Lipinski definition) is 0. The summed E-state index contributed by atoms with van der Waals surface area (Å²) in [5.74, 6) is 0.208. The van der Waals surface area contributed by atoms with Crippen LogP contribution in [0.2, 0.25) is 0 Å². The Balaban J connectivity index is 1.23. The quantitative estimate of drug-likeness (QED) is 0.556. The Morgan fingerprint density at radius 2 is 1.90 bits per heavy atom. The van der Waals surface area contributed by atoms with E-state index in [1.807, 2.05) is 16.3 Å². The summed E-state index contributed by atoms with van der Waals surface area (Å²) in [5, 5.41) is 5.11. The van der Waals surface area contributed by atoms with Crippen molar-refractivity contribution in [3.63, 3.8) is 0 Å². The van der Waals surface area contributed by atoms with Gasteiger partial charge in [-0.05, 0) is 49.4 Å². The lowest BCUT2D eigenvalue weighted by molar-refractivity contribution is -0.130. The monoisotopic (exact) mass is 425 g/mol. The molecule has 0 spiro atoms. The minimum absolute atomic E-state index is 0.208. The molecule has 0 N–H and O–H groups in total. The second-order valence-corrected chi connectivity index (χ2v) is 9.27. The smallest absolute Gasteiger partial charge is 0.228 e. The average molecular weight is 426 g/mol. The Morgan fingerprint density at radius 3 is 2.72 bits per heavy atom. The highest BCUT2D eigenvalue weighted by molar-refractivity contribution is 7.20. The maximum atomic E-state index is 12.8. The molecule has 0 radical (unpaired) electrons. The first-order chi connectivity index (χ1) is 14.3. The molecule has 0 aliphatic carbocycles. The molecule has 1 amide bonds. The highest BCUT2D eigenvalue weighted by Crippen LogP contribution is 2.28. The van der Waals surface area contributed by atoms with Gasteiger partial charge in [0.05, 0.1) is 17.0 Å². The Labute approximate surface area is 180 Å². The molecule has 3 aromatic rings. The summed E-state index contributed by atoms with van der Waals surface area (Å²) in [7, 11) is 0. The van der Waals surface area contributed by atoms with Crippen molar-refractivity contribution in [1.82, 2.24) is 14.8 Å². The van der Waals surface area contributed by atoms with E-state index in [4.69, 9.17) is 0 Å². The molecule has 0 saturated carbocycles. The molecule has 3 heterocycles. The third kappa shape index (κ3) is 5.75. The molecule has 2 aromatic heterocycles. The van der Waals surface area contributed by atoms with Gasteiger partial charge in [-0.25, -0.2) is 4.98 Å². The highest BCUT2D eigenvalue weighted by Gasteiger charge is 2.20. The van der Waals surface area contributed by atoms with Gasteiger partial charge >= 0.3 is 0 Å². The van der Waals surface area contributed by atoms with Crippen LogP contribution in [0.15, 0.2) is 53.2 Å². The minimum Gasteiger partial charge on any atom is -0.341 e. The zero-order valence-electron chi connectivity index (χ0n) is 16.6. The summed E-state index contributed by atoms with van der Waals surface area (Å²) in [6, 6.07) is 14.8. The number of thiazole rings is 1. The lowest BCUT2D eigenvalue weighted by Crippen LogP contribution is -2.36. The van der Waals surface area contributed by atoms with Gasteiger partial charge in [-0.2, -0.15) is 0 Å². The SMILES string of the molecule is O=C(Cc1csc(-c2cccs2)n1)N1CCCN(CCCc2ccccc2)CC1. The Bertz CT molecular complexity index is 892. The highest BCUT2D eigenvalue weighted by atomic mass is 32.1. The zero-order chi connectivity index (χ0) is 19.9. The molecular formula is C23H27N3OS2. The van der Waals surface area contributed by atoms with Gasteiger partial charge < -0.3 is 9.80 Å². The van der Waals surface area contributed by atoms with E-state index in [0.717, 1.165) is 56.3 Å². The van der Waals surface area contributed by atoms with Crippen molar-refractivity contribution in [2.75, 3.05) is 32.7 Å². The molecule has 0 bridgehead atoms. The van der Waals surface area contributed by atoms with Crippen molar-refractivity contribution in [1.29, 1.82) is 0 Å². The van der Waals surface area contributed by atoms with Crippen LogP contribution >= 0.6 is 22.7 Å². The van der Waals surface area contributed by atoms with E-state index in [0.29, 0.717) is 6.42 Å². The molecule has 0 atom stereocenters. The van der Waals surface area contributed by atoms with Crippen LogP contribution in [-0.4, -0.2) is 53.4 Å². The van der Waals surface area contributed by atoms with Crippen LogP contribution in [-0.2, 0) is 17.6 Å². The van der Waals surface area contributed by atoms with Gasteiger partial charge in [-0.3, -0.25) is 4.79 Å². The topological polar surface area (TPSA) is 36.4 Å². The number of carbonyl (C=O) groups excluding carboxylic acids is 1. The minimum atomic E-state index is 0.208. The number of amides is 1. The predicted molar refractivity (Wildman–Crippen MR) is 122 cm³/mol. The normalized spacial score (nSPS) is 15.4. The fourth-order valence-electron chi connectivity index (χ4n) is 3.76. The first-order valence-corrected chi connectivity index (χ1v) is 12.1. The van der Waals surface area contributed by atoms with Crippen LogP contribution in [0.5, 0.6) is 0 Å². The molecule has 152 valence electrons. The second kappa shape index (κ2) is 10.1. The fraction of sp³-hybridized carbons (Fsp3) is 0.391. The maximum Gasteiger partial charge on any atom is 0.228 e. The molecule has 1 aromatic carbocycles. The van der Waals surface area contributed by atoms with Crippen LogP contribution in [0.4, 0.5) is 0 Å². The summed E-state index contributed by atoms with van der Waals surface area (Å²) in [6.07, 6.45) is 3.75. The summed E-state index contributed by atoms with van der Waals surface area (Å²) >= 11 is 3.32. The number of aromatic nitrogens is 1. The van der Waals surface area contributed by atoms with E-state index in [1.165, 1.54) is 16.9 Å². The molecule has 4 nitrogen and oxygen atoms in total. The van der Waals surface area contributed by atoms with Crippen molar-refractivity contribution >= 4 is 28.6 Å². The van der Waals surface area contributed by atoms with Crippen LogP contribution in [0.25, 0.3) is 9.88 Å². The molecule has 6 heteroatoms. The number of benzene rings is 1. The van der Waals surface area contributed by atoms with Gasteiger partial charge in [-0.1, -0.05) is 36.4 Å². The average Bonchev–Trinajstić information content (AvgIpc) is 3.37. The van der Waals surface area contributed by atoms with E-state index in [9.17, 15) is 4.79 Å². The number of carbonyl (C=O) groups is 1. The third-order valence-corrected chi connectivity index (χ3v) is 7.27. The molecular weight excluding hydrogens is 398 g/mol. The summed E-state index contributed by atoms with van der Waals surface area (Å²) in [4.78, 5) is 23.2. The largest absolute Gasteiger partial charge is 0.341 e. The van der Waals surface area contributed by atoms with Gasteiger partial charge in [0.25, 0.3) is 0 Å². The van der Waals surface area contributed by atoms with Crippen molar-refractivity contribution < 1.29 is 4.79 Å². The Kier molecular flexibility index (Phi) is 7.09. The number of hydrogen-bond acceptors (Lipinski definition) is 5. The van der Waals surface area contributed by atoms with Gasteiger partial charge in [0.2, 0.25) is 5.91 Å². The fourth-order valence-corrected chi connectivity index (χ4v) is 5.40. The van der Waals surface area contributed by atoms with Crippen molar-refractivity contribution in [3.8, 4) is 9.88 Å². The van der Waals surface area contributed by atoms with Gasteiger partial charge in [0.15, 0.2) is 0 Å². The standard InChI is InChI=1S/C23H27N3OS2/c27-22(17-20-18-29-23(24-20)21-10-5-16-28-21)26-13-6-12-25(14-15-26)11-4-9-19-7-2-1-3-8-19/h1-3,5,7-8,10,16,18H,4,6,9,11-15,17H2. The van der Waals surface area contributed by atoms with Crippen molar-refractivity contribution in [3.05, 3.63) is 64.5 Å². The van der Waals surface area contributed by atoms with Crippen LogP contribution in [0.1, 0.15) is 24.1 Å². The van der Waals surface area contributed by atoms with E-state index in [-0.39, 0.29) is 5.91 Å². The van der Waals surface area contributed by atoms with E-state index in [1.54, 1.807) is 22.7 Å². The second-order valence-electron chi connectivity index (χ2n) is 7.46. The zero-order valence-corrected chi connectivity index (χ0v) is 18.3. The number of aryl methyl sites for hydroxylation is 1. The molecule has 1 aliphatic rings.